The van der Waals surface area contributed by atoms with Crippen LogP contribution in [0, 0.1) is 12.8 Å². The molecule has 0 fully saturated rings. The quantitative estimate of drug-likeness (QED) is 0.0905. The van der Waals surface area contributed by atoms with Crippen molar-refractivity contribution < 1.29 is 23.8 Å². The predicted molar refractivity (Wildman–Crippen MR) is 152 cm³/mol. The Morgan fingerprint density at radius 1 is 0.846 bits per heavy atom. The number of nitrogens with zero attached hydrogens (tertiary/aromatic N) is 2. The number of azo groups is 1. The third-order valence-electron chi connectivity index (χ3n) is 6.27. The largest absolute Gasteiger partial charge is 0.494 e. The summed E-state index contributed by atoms with van der Waals surface area (Å²) >= 11 is 0. The van der Waals surface area contributed by atoms with Crippen LogP contribution in [0.2, 0.25) is 0 Å². The zero-order valence-corrected chi connectivity index (χ0v) is 23.3. The average Bonchev–Trinajstić information content (AvgIpc) is 2.95. The van der Waals surface area contributed by atoms with E-state index in [1.165, 1.54) is 5.56 Å². The number of carbonyl (C=O) groups excluding carboxylic acids is 2. The fraction of sp³-hybridized carbons (Fsp3) is 0.375. The fourth-order valence-corrected chi connectivity index (χ4v) is 3.67. The summed E-state index contributed by atoms with van der Waals surface area (Å²) in [4.78, 5) is 24.3. The van der Waals surface area contributed by atoms with Crippen molar-refractivity contribution in [2.24, 2.45) is 16.1 Å². The number of hydrogen-bond acceptors (Lipinski definition) is 7. The lowest BCUT2D eigenvalue weighted by atomic mass is 10.1. The van der Waals surface area contributed by atoms with E-state index in [0.29, 0.717) is 36.0 Å². The number of carbonyl (C=O) groups is 2. The van der Waals surface area contributed by atoms with Gasteiger partial charge in [-0.15, -0.1) is 0 Å². The standard InChI is InChI=1S/C32H38N2O5/c1-5-9-25-10-14-27(15-11-25)33-34-28-16-19-30(24(4)22-28)39-32(36)26-12-17-29(18-13-26)37-20-7-8-21-38-31(35)23(3)6-2/h10-19,22-23H,5-9,20-21H2,1-4H3. The van der Waals surface area contributed by atoms with E-state index in [1.807, 2.05) is 39.0 Å². The maximum atomic E-state index is 12.7. The number of ether oxygens (including phenoxy) is 3. The van der Waals surface area contributed by atoms with Crippen molar-refractivity contribution in [3.8, 4) is 11.5 Å². The maximum Gasteiger partial charge on any atom is 0.343 e. The second kappa shape index (κ2) is 15.4. The van der Waals surface area contributed by atoms with Gasteiger partial charge in [0.15, 0.2) is 0 Å². The first-order valence-corrected chi connectivity index (χ1v) is 13.6. The van der Waals surface area contributed by atoms with E-state index in [2.05, 4.69) is 29.3 Å². The lowest BCUT2D eigenvalue weighted by Gasteiger charge is -2.10. The van der Waals surface area contributed by atoms with Crippen LogP contribution in [0.1, 0.15) is 67.9 Å². The third kappa shape index (κ3) is 9.67. The van der Waals surface area contributed by atoms with Crippen molar-refractivity contribution >= 4 is 23.3 Å². The summed E-state index contributed by atoms with van der Waals surface area (Å²) < 4.78 is 16.6. The van der Waals surface area contributed by atoms with Gasteiger partial charge >= 0.3 is 11.9 Å². The third-order valence-corrected chi connectivity index (χ3v) is 6.27. The molecule has 0 aromatic heterocycles. The van der Waals surface area contributed by atoms with Crippen molar-refractivity contribution in [2.75, 3.05) is 13.2 Å². The molecule has 0 amide bonds. The van der Waals surface area contributed by atoms with Crippen molar-refractivity contribution in [3.63, 3.8) is 0 Å². The molecule has 0 spiro atoms. The molecule has 0 bridgehead atoms. The van der Waals surface area contributed by atoms with E-state index in [1.54, 1.807) is 36.4 Å². The first kappa shape index (κ1) is 29.6. The van der Waals surface area contributed by atoms with Crippen molar-refractivity contribution in [3.05, 3.63) is 83.4 Å². The number of hydrogen-bond donors (Lipinski definition) is 0. The predicted octanol–water partition coefficient (Wildman–Crippen LogP) is 8.33. The highest BCUT2D eigenvalue weighted by molar-refractivity contribution is 5.91. The monoisotopic (exact) mass is 530 g/mol. The molecule has 0 heterocycles. The Labute approximate surface area is 231 Å². The SMILES string of the molecule is CCCc1ccc(N=Nc2ccc(OC(=O)c3ccc(OCCCCOC(=O)C(C)CC)cc3)c(C)c2)cc1. The number of benzene rings is 3. The van der Waals surface area contributed by atoms with Crippen molar-refractivity contribution in [1.82, 2.24) is 0 Å². The molecule has 0 saturated heterocycles. The summed E-state index contributed by atoms with van der Waals surface area (Å²) in [5.41, 5.74) is 3.97. The molecule has 1 unspecified atom stereocenters. The molecule has 3 rings (SSSR count). The van der Waals surface area contributed by atoms with Gasteiger partial charge in [0.2, 0.25) is 0 Å². The van der Waals surface area contributed by atoms with E-state index in [9.17, 15) is 9.59 Å². The molecule has 7 heteroatoms. The topological polar surface area (TPSA) is 86.6 Å². The highest BCUT2D eigenvalue weighted by Gasteiger charge is 2.12. The summed E-state index contributed by atoms with van der Waals surface area (Å²) in [6.45, 7) is 8.75. The Kier molecular flexibility index (Phi) is 11.7. The van der Waals surface area contributed by atoms with Gasteiger partial charge in [-0.3, -0.25) is 4.79 Å². The van der Waals surface area contributed by atoms with E-state index in [4.69, 9.17) is 14.2 Å². The van der Waals surface area contributed by atoms with Gasteiger partial charge in [0.1, 0.15) is 11.5 Å². The van der Waals surface area contributed by atoms with Crippen LogP contribution in [-0.2, 0) is 16.0 Å². The molecule has 7 nitrogen and oxygen atoms in total. The van der Waals surface area contributed by atoms with Crippen LogP contribution in [0.5, 0.6) is 11.5 Å². The van der Waals surface area contributed by atoms with Crippen LogP contribution >= 0.6 is 0 Å². The first-order chi connectivity index (χ1) is 18.9. The van der Waals surface area contributed by atoms with Crippen molar-refractivity contribution in [2.45, 2.75) is 59.8 Å². The highest BCUT2D eigenvalue weighted by Crippen LogP contribution is 2.26. The number of unbranched alkanes of at least 4 members (excludes halogenated alkanes) is 1. The van der Waals surface area contributed by atoms with Crippen LogP contribution in [-0.4, -0.2) is 25.2 Å². The van der Waals surface area contributed by atoms with E-state index >= 15 is 0 Å². The van der Waals surface area contributed by atoms with Gasteiger partial charge in [0.05, 0.1) is 36.1 Å². The zero-order valence-electron chi connectivity index (χ0n) is 23.3. The van der Waals surface area contributed by atoms with Crippen LogP contribution < -0.4 is 9.47 Å². The molecule has 0 N–H and O–H groups in total. The normalized spacial score (nSPS) is 11.8. The fourth-order valence-electron chi connectivity index (χ4n) is 3.67. The summed E-state index contributed by atoms with van der Waals surface area (Å²) in [5.74, 6) is 0.465. The lowest BCUT2D eigenvalue weighted by molar-refractivity contribution is -0.148. The molecule has 206 valence electrons. The van der Waals surface area contributed by atoms with Gasteiger partial charge < -0.3 is 14.2 Å². The Balaban J connectivity index is 1.45. The Bertz CT molecular complexity index is 1240. The van der Waals surface area contributed by atoms with Gasteiger partial charge in [0.25, 0.3) is 0 Å². The summed E-state index contributed by atoms with van der Waals surface area (Å²) in [6.07, 6.45) is 4.43. The van der Waals surface area contributed by atoms with Gasteiger partial charge in [0, 0.05) is 0 Å². The number of esters is 2. The molecule has 3 aromatic carbocycles. The molecule has 0 saturated carbocycles. The zero-order chi connectivity index (χ0) is 28.0. The molecule has 0 aliphatic carbocycles. The molecular weight excluding hydrogens is 492 g/mol. The van der Waals surface area contributed by atoms with Crippen LogP contribution in [0.4, 0.5) is 11.4 Å². The van der Waals surface area contributed by atoms with Gasteiger partial charge in [-0.1, -0.05) is 39.3 Å². The van der Waals surface area contributed by atoms with E-state index < -0.39 is 5.97 Å². The Hall–Kier alpha value is -4.00. The molecule has 3 aromatic rings. The smallest absolute Gasteiger partial charge is 0.343 e. The van der Waals surface area contributed by atoms with Crippen LogP contribution in [0.25, 0.3) is 0 Å². The van der Waals surface area contributed by atoms with Crippen LogP contribution in [0.3, 0.4) is 0 Å². The van der Waals surface area contributed by atoms with E-state index in [0.717, 1.165) is 43.4 Å². The van der Waals surface area contributed by atoms with Gasteiger partial charge in [-0.2, -0.15) is 10.2 Å². The Morgan fingerprint density at radius 3 is 2.18 bits per heavy atom. The number of rotatable bonds is 14. The molecular formula is C32H38N2O5. The average molecular weight is 531 g/mol. The summed E-state index contributed by atoms with van der Waals surface area (Å²) in [5, 5.41) is 8.61. The minimum atomic E-state index is -0.450. The van der Waals surface area contributed by atoms with E-state index in [-0.39, 0.29) is 11.9 Å². The number of aryl methyl sites for hydroxylation is 2. The molecule has 1 atom stereocenters. The Morgan fingerprint density at radius 2 is 1.51 bits per heavy atom. The van der Waals surface area contributed by atoms with Gasteiger partial charge in [-0.05, 0) is 98.3 Å². The molecule has 0 aliphatic rings. The molecule has 39 heavy (non-hydrogen) atoms. The second-order valence-corrected chi connectivity index (χ2v) is 9.51. The lowest BCUT2D eigenvalue weighted by Crippen LogP contribution is -2.15. The molecule has 0 aliphatic heterocycles. The second-order valence-electron chi connectivity index (χ2n) is 9.51. The summed E-state index contributed by atoms with van der Waals surface area (Å²) in [6, 6.07) is 20.2. The maximum absolute atomic E-state index is 12.7. The first-order valence-electron chi connectivity index (χ1n) is 13.6. The summed E-state index contributed by atoms with van der Waals surface area (Å²) in [7, 11) is 0. The van der Waals surface area contributed by atoms with Gasteiger partial charge in [-0.25, -0.2) is 4.79 Å². The molecule has 0 radical (unpaired) electrons. The van der Waals surface area contributed by atoms with Crippen molar-refractivity contribution in [1.29, 1.82) is 0 Å². The minimum Gasteiger partial charge on any atom is -0.494 e. The highest BCUT2D eigenvalue weighted by atomic mass is 16.5. The minimum absolute atomic E-state index is 0.0646. The van der Waals surface area contributed by atoms with Crippen LogP contribution in [0.15, 0.2) is 77.0 Å².